The van der Waals surface area contributed by atoms with Crippen LogP contribution in [0.2, 0.25) is 0 Å². The topological polar surface area (TPSA) is 113 Å². The summed E-state index contributed by atoms with van der Waals surface area (Å²) in [4.78, 5) is 27.7. The van der Waals surface area contributed by atoms with Gasteiger partial charge in [0.25, 0.3) is 0 Å². The van der Waals surface area contributed by atoms with Crippen LogP contribution in [0.1, 0.15) is 67.3 Å². The number of nitrogens with one attached hydrogen (secondary N) is 2. The Morgan fingerprint density at radius 1 is 1.14 bits per heavy atom. The van der Waals surface area contributed by atoms with E-state index in [1.807, 2.05) is 0 Å². The number of hydrogen-bond donors (Lipinski definition) is 4. The molecule has 0 aromatic heterocycles. The van der Waals surface area contributed by atoms with E-state index < -0.39 is 29.7 Å². The van der Waals surface area contributed by atoms with Gasteiger partial charge < -0.3 is 21.4 Å². The molecular formula is C26H32F3N5O2. The number of alkyl halides is 3. The number of nitrogens with two attached hydrogens (primary N) is 2. The van der Waals surface area contributed by atoms with E-state index in [0.29, 0.717) is 36.2 Å². The lowest BCUT2D eigenvalue weighted by Crippen LogP contribution is -2.47. The van der Waals surface area contributed by atoms with E-state index in [2.05, 4.69) is 10.7 Å². The number of likely N-dealkylation sites (tertiary alicyclic amines) is 1. The molecule has 1 aliphatic rings. The van der Waals surface area contributed by atoms with Gasteiger partial charge in [-0.3, -0.25) is 15.4 Å². The Bertz CT molecular complexity index is 1100. The standard InChI is InChI=1S/C26H32F3N5O2/c1-16(2)20-11-10-18(13-21(20)26(27,28)29)24(17-7-4-3-5-8-17)32-25(36)22-9-6-12-34(22)23(35)14-19(15-30)33-31/h3-5,7-8,10-11,13,15-16,22,24,33H,6,9,12,14,30-31H2,1-2H3,(H,32,36)/b19-15-. The number of hydrogen-bond acceptors (Lipinski definition) is 5. The molecule has 3 rings (SSSR count). The number of rotatable bonds is 8. The molecule has 36 heavy (non-hydrogen) atoms. The molecule has 1 saturated heterocycles. The summed E-state index contributed by atoms with van der Waals surface area (Å²) in [5, 5.41) is 2.91. The molecule has 1 fully saturated rings. The van der Waals surface area contributed by atoms with E-state index in [0.717, 1.165) is 6.07 Å². The molecule has 1 heterocycles. The number of nitrogens with zero attached hydrogens (tertiary/aromatic N) is 1. The van der Waals surface area contributed by atoms with Crippen LogP contribution in [-0.4, -0.2) is 29.3 Å². The van der Waals surface area contributed by atoms with Gasteiger partial charge in [0.2, 0.25) is 11.8 Å². The summed E-state index contributed by atoms with van der Waals surface area (Å²) in [6, 6.07) is 11.4. The lowest BCUT2D eigenvalue weighted by molar-refractivity contribution is -0.138. The highest BCUT2D eigenvalue weighted by atomic mass is 19.4. The fourth-order valence-corrected chi connectivity index (χ4v) is 4.51. The Labute approximate surface area is 208 Å². The maximum absolute atomic E-state index is 13.9. The molecule has 2 aromatic carbocycles. The van der Waals surface area contributed by atoms with Crippen LogP contribution in [0.25, 0.3) is 0 Å². The van der Waals surface area contributed by atoms with Crippen LogP contribution in [0.4, 0.5) is 13.2 Å². The van der Waals surface area contributed by atoms with Crippen LogP contribution in [0.3, 0.4) is 0 Å². The zero-order valence-electron chi connectivity index (χ0n) is 20.3. The Kier molecular flexibility index (Phi) is 8.62. The fourth-order valence-electron chi connectivity index (χ4n) is 4.51. The maximum atomic E-state index is 13.9. The van der Waals surface area contributed by atoms with Crippen LogP contribution in [0, 0.1) is 0 Å². The molecule has 0 bridgehead atoms. The molecule has 7 nitrogen and oxygen atoms in total. The fraction of sp³-hybridized carbons (Fsp3) is 0.385. The summed E-state index contributed by atoms with van der Waals surface area (Å²) in [5.74, 6) is 4.28. The zero-order valence-corrected chi connectivity index (χ0v) is 20.3. The van der Waals surface area contributed by atoms with Crippen LogP contribution < -0.4 is 22.3 Å². The molecule has 2 unspecified atom stereocenters. The number of carbonyl (C=O) groups excluding carboxylic acids is 2. The average Bonchev–Trinajstić information content (AvgIpc) is 3.35. The molecule has 194 valence electrons. The van der Waals surface area contributed by atoms with Crippen LogP contribution in [0.15, 0.2) is 60.4 Å². The molecule has 0 radical (unpaired) electrons. The van der Waals surface area contributed by atoms with Crippen LogP contribution >= 0.6 is 0 Å². The van der Waals surface area contributed by atoms with Crippen molar-refractivity contribution >= 4 is 11.8 Å². The molecule has 0 spiro atoms. The molecule has 2 atom stereocenters. The first kappa shape index (κ1) is 27.1. The predicted molar refractivity (Wildman–Crippen MR) is 131 cm³/mol. The average molecular weight is 504 g/mol. The first-order valence-electron chi connectivity index (χ1n) is 11.8. The van der Waals surface area contributed by atoms with E-state index in [9.17, 15) is 22.8 Å². The summed E-state index contributed by atoms with van der Waals surface area (Å²) in [7, 11) is 0. The van der Waals surface area contributed by atoms with Gasteiger partial charge in [0.15, 0.2) is 0 Å². The highest BCUT2D eigenvalue weighted by molar-refractivity contribution is 5.89. The van der Waals surface area contributed by atoms with Crippen molar-refractivity contribution in [2.24, 2.45) is 11.6 Å². The van der Waals surface area contributed by atoms with Crippen molar-refractivity contribution in [3.8, 4) is 0 Å². The van der Waals surface area contributed by atoms with Gasteiger partial charge in [0.05, 0.1) is 23.7 Å². The summed E-state index contributed by atoms with van der Waals surface area (Å²) >= 11 is 0. The van der Waals surface area contributed by atoms with Gasteiger partial charge in [-0.15, -0.1) is 0 Å². The smallest absolute Gasteiger partial charge is 0.403 e. The third-order valence-electron chi connectivity index (χ3n) is 6.36. The third-order valence-corrected chi connectivity index (χ3v) is 6.36. The zero-order chi connectivity index (χ0) is 26.5. The molecular weight excluding hydrogens is 471 g/mol. The van der Waals surface area contributed by atoms with Crippen molar-refractivity contribution in [3.63, 3.8) is 0 Å². The second-order valence-electron chi connectivity index (χ2n) is 9.11. The molecule has 2 amide bonds. The first-order chi connectivity index (χ1) is 17.1. The normalized spacial score (nSPS) is 17.2. The molecule has 0 saturated carbocycles. The second-order valence-corrected chi connectivity index (χ2v) is 9.11. The van der Waals surface area contributed by atoms with E-state index in [1.54, 1.807) is 50.2 Å². The van der Waals surface area contributed by atoms with E-state index in [1.165, 1.54) is 17.2 Å². The minimum absolute atomic E-state index is 0.0928. The highest BCUT2D eigenvalue weighted by Crippen LogP contribution is 2.37. The minimum atomic E-state index is -4.54. The summed E-state index contributed by atoms with van der Waals surface area (Å²) < 4.78 is 41.7. The number of carbonyl (C=O) groups is 2. The lowest BCUT2D eigenvalue weighted by Gasteiger charge is -2.28. The van der Waals surface area contributed by atoms with Gasteiger partial charge in [0.1, 0.15) is 6.04 Å². The maximum Gasteiger partial charge on any atom is 0.416 e. The van der Waals surface area contributed by atoms with Gasteiger partial charge in [0, 0.05) is 12.7 Å². The van der Waals surface area contributed by atoms with Crippen molar-refractivity contribution in [2.75, 3.05) is 6.54 Å². The van der Waals surface area contributed by atoms with Crippen LogP contribution in [0.5, 0.6) is 0 Å². The summed E-state index contributed by atoms with van der Waals surface area (Å²) in [5.41, 5.74) is 8.53. The van der Waals surface area contributed by atoms with Gasteiger partial charge in [-0.2, -0.15) is 13.2 Å². The van der Waals surface area contributed by atoms with Crippen molar-refractivity contribution in [1.29, 1.82) is 0 Å². The Morgan fingerprint density at radius 3 is 2.42 bits per heavy atom. The number of hydrazine groups is 1. The number of halogens is 3. The largest absolute Gasteiger partial charge is 0.416 e. The molecule has 1 aliphatic heterocycles. The van der Waals surface area contributed by atoms with E-state index >= 15 is 0 Å². The Hall–Kier alpha value is -3.53. The lowest BCUT2D eigenvalue weighted by atomic mass is 9.90. The van der Waals surface area contributed by atoms with Gasteiger partial charge in [-0.05, 0) is 41.5 Å². The molecule has 6 N–H and O–H groups in total. The SMILES string of the molecule is CC(C)c1ccc(C(NC(=O)C2CCCN2C(=O)C/C(=C/N)NN)c2ccccc2)cc1C(F)(F)F. The Balaban J connectivity index is 1.94. The number of amides is 2. The third kappa shape index (κ3) is 6.17. The number of benzene rings is 2. The molecule has 10 heteroatoms. The van der Waals surface area contributed by atoms with Crippen molar-refractivity contribution in [2.45, 2.75) is 57.3 Å². The predicted octanol–water partition coefficient (Wildman–Crippen LogP) is 3.68. The van der Waals surface area contributed by atoms with Gasteiger partial charge in [-0.1, -0.05) is 56.3 Å². The van der Waals surface area contributed by atoms with Crippen LogP contribution in [-0.2, 0) is 15.8 Å². The summed E-state index contributed by atoms with van der Waals surface area (Å²) in [6.07, 6.45) is -2.38. The van der Waals surface area contributed by atoms with E-state index in [-0.39, 0.29) is 23.8 Å². The van der Waals surface area contributed by atoms with Gasteiger partial charge >= 0.3 is 6.18 Å². The molecule has 0 aliphatic carbocycles. The minimum Gasteiger partial charge on any atom is -0.403 e. The van der Waals surface area contributed by atoms with Crippen molar-refractivity contribution in [1.82, 2.24) is 15.6 Å². The second kappa shape index (κ2) is 11.5. The quantitative estimate of drug-likeness (QED) is 0.324. The monoisotopic (exact) mass is 503 g/mol. The van der Waals surface area contributed by atoms with Crippen molar-refractivity contribution < 1.29 is 22.8 Å². The summed E-state index contributed by atoms with van der Waals surface area (Å²) in [6.45, 7) is 3.80. The van der Waals surface area contributed by atoms with E-state index in [4.69, 9.17) is 11.6 Å². The van der Waals surface area contributed by atoms with Gasteiger partial charge in [-0.25, -0.2) is 0 Å². The first-order valence-corrected chi connectivity index (χ1v) is 11.8. The van der Waals surface area contributed by atoms with Crippen molar-refractivity contribution in [3.05, 3.63) is 82.7 Å². The highest BCUT2D eigenvalue weighted by Gasteiger charge is 2.37. The molecule has 2 aromatic rings. The Morgan fingerprint density at radius 2 is 1.83 bits per heavy atom.